The topological polar surface area (TPSA) is 27.7 Å². The van der Waals surface area contributed by atoms with Crippen LogP contribution in [0.1, 0.15) is 40.0 Å². The molecule has 3 aliphatic rings. The normalized spacial score (nSPS) is 33.0. The largest absolute Gasteiger partial charge is 0.414 e. The molecule has 3 heterocycles. The van der Waals surface area contributed by atoms with Crippen LogP contribution in [0.2, 0.25) is 18.1 Å². The quantitative estimate of drug-likeness (QED) is 0.556. The van der Waals surface area contributed by atoms with Crippen LogP contribution in [0.3, 0.4) is 0 Å². The second-order valence-electron chi connectivity index (χ2n) is 7.79. The highest BCUT2D eigenvalue weighted by molar-refractivity contribution is 7.99. The van der Waals surface area contributed by atoms with Gasteiger partial charge in [-0.15, -0.1) is 0 Å². The molecule has 0 unspecified atom stereocenters. The van der Waals surface area contributed by atoms with Gasteiger partial charge in [0.05, 0.1) is 13.2 Å². The first-order valence-electron chi connectivity index (χ1n) is 10.3. The molecule has 0 aromatic heterocycles. The van der Waals surface area contributed by atoms with Crippen molar-refractivity contribution in [3.63, 3.8) is 0 Å². The maximum absolute atomic E-state index is 6.97. The molecule has 1 spiro atoms. The molecule has 0 bridgehead atoms. The molecular formula is C19H36O3S2Si. The number of hydrogen-bond donors (Lipinski definition) is 0. The molecule has 6 heteroatoms. The molecule has 0 radical (unpaired) electrons. The van der Waals surface area contributed by atoms with Gasteiger partial charge in [-0.05, 0) is 54.2 Å². The monoisotopic (exact) mass is 404 g/mol. The third-order valence-electron chi connectivity index (χ3n) is 6.64. The Labute approximate surface area is 163 Å². The van der Waals surface area contributed by atoms with E-state index in [-0.39, 0.29) is 5.79 Å². The maximum atomic E-state index is 6.97. The molecule has 0 N–H and O–H groups in total. The fourth-order valence-corrected chi connectivity index (χ4v) is 10.1. The van der Waals surface area contributed by atoms with Gasteiger partial charge in [-0.25, -0.2) is 0 Å². The standard InChI is InChI=1S/C19H36O3S2Si/c1-4-25(5-2,6-3)22-18-7-11-23-14-16(18)13-17-15-24-12-8-19(17)20-9-10-21-19/h16-18H,4-15H2,1-3H3/t16-,17-,18+/m1/s1. The van der Waals surface area contributed by atoms with Crippen molar-refractivity contribution in [3.8, 4) is 0 Å². The molecule has 3 saturated heterocycles. The van der Waals surface area contributed by atoms with Crippen LogP contribution in [-0.4, -0.2) is 56.4 Å². The summed E-state index contributed by atoms with van der Waals surface area (Å²) in [5, 5.41) is 0. The van der Waals surface area contributed by atoms with Gasteiger partial charge < -0.3 is 13.9 Å². The fraction of sp³-hybridized carbons (Fsp3) is 1.00. The van der Waals surface area contributed by atoms with Crippen molar-refractivity contribution in [2.75, 3.05) is 36.2 Å². The van der Waals surface area contributed by atoms with E-state index in [0.29, 0.717) is 17.9 Å². The Morgan fingerprint density at radius 1 is 1.00 bits per heavy atom. The molecule has 0 amide bonds. The van der Waals surface area contributed by atoms with Crippen molar-refractivity contribution < 1.29 is 13.9 Å². The molecule has 3 fully saturated rings. The summed E-state index contributed by atoms with van der Waals surface area (Å²) in [6.45, 7) is 8.59. The molecule has 0 saturated carbocycles. The van der Waals surface area contributed by atoms with Crippen LogP contribution in [0.5, 0.6) is 0 Å². The fourth-order valence-electron chi connectivity index (χ4n) is 4.71. The van der Waals surface area contributed by atoms with E-state index in [0.717, 1.165) is 19.6 Å². The Bertz CT molecular complexity index is 405. The minimum Gasteiger partial charge on any atom is -0.414 e. The summed E-state index contributed by atoms with van der Waals surface area (Å²) in [5.41, 5.74) is 0. The zero-order valence-electron chi connectivity index (χ0n) is 16.3. The van der Waals surface area contributed by atoms with Crippen LogP contribution in [-0.2, 0) is 13.9 Å². The molecule has 0 aromatic rings. The second kappa shape index (κ2) is 9.33. The first kappa shape index (κ1) is 20.5. The van der Waals surface area contributed by atoms with Crippen LogP contribution in [0, 0.1) is 11.8 Å². The Morgan fingerprint density at radius 2 is 1.68 bits per heavy atom. The van der Waals surface area contributed by atoms with Crippen molar-refractivity contribution in [3.05, 3.63) is 0 Å². The summed E-state index contributed by atoms with van der Waals surface area (Å²) in [4.78, 5) is 0. The number of thioether (sulfide) groups is 2. The van der Waals surface area contributed by atoms with Gasteiger partial charge in [-0.1, -0.05) is 20.8 Å². The summed E-state index contributed by atoms with van der Waals surface area (Å²) >= 11 is 4.20. The summed E-state index contributed by atoms with van der Waals surface area (Å²) in [7, 11) is -1.53. The van der Waals surface area contributed by atoms with Crippen molar-refractivity contribution in [1.82, 2.24) is 0 Å². The predicted octanol–water partition coefficient (Wildman–Crippen LogP) is 5.02. The van der Waals surface area contributed by atoms with E-state index >= 15 is 0 Å². The Balaban J connectivity index is 1.68. The van der Waals surface area contributed by atoms with E-state index in [9.17, 15) is 0 Å². The molecule has 3 aliphatic heterocycles. The average molecular weight is 405 g/mol. The van der Waals surface area contributed by atoms with Gasteiger partial charge >= 0.3 is 0 Å². The molecule has 25 heavy (non-hydrogen) atoms. The van der Waals surface area contributed by atoms with Crippen LogP contribution >= 0.6 is 23.5 Å². The van der Waals surface area contributed by atoms with E-state index in [2.05, 4.69) is 44.3 Å². The van der Waals surface area contributed by atoms with Crippen LogP contribution in [0.15, 0.2) is 0 Å². The number of rotatable bonds is 7. The molecule has 0 aromatic carbocycles. The van der Waals surface area contributed by atoms with E-state index < -0.39 is 8.32 Å². The van der Waals surface area contributed by atoms with Crippen LogP contribution in [0.25, 0.3) is 0 Å². The van der Waals surface area contributed by atoms with Gasteiger partial charge in [0.1, 0.15) is 0 Å². The molecule has 0 aliphatic carbocycles. The van der Waals surface area contributed by atoms with Gasteiger partial charge in [0.2, 0.25) is 0 Å². The molecule has 3 atom stereocenters. The summed E-state index contributed by atoms with van der Waals surface area (Å²) in [6.07, 6.45) is 3.98. The lowest BCUT2D eigenvalue weighted by molar-refractivity contribution is -0.198. The van der Waals surface area contributed by atoms with Crippen molar-refractivity contribution in [1.29, 1.82) is 0 Å². The summed E-state index contributed by atoms with van der Waals surface area (Å²) in [6, 6.07) is 3.77. The van der Waals surface area contributed by atoms with E-state index in [4.69, 9.17) is 13.9 Å². The highest BCUT2D eigenvalue weighted by Crippen LogP contribution is 2.44. The van der Waals surface area contributed by atoms with Crippen LogP contribution in [0.4, 0.5) is 0 Å². The lowest BCUT2D eigenvalue weighted by Gasteiger charge is -2.44. The first-order chi connectivity index (χ1) is 12.2. The van der Waals surface area contributed by atoms with Crippen LogP contribution < -0.4 is 0 Å². The highest BCUT2D eigenvalue weighted by Gasteiger charge is 2.48. The third kappa shape index (κ3) is 4.62. The Morgan fingerprint density at radius 3 is 2.36 bits per heavy atom. The van der Waals surface area contributed by atoms with Gasteiger partial charge in [0.15, 0.2) is 14.1 Å². The SMILES string of the molecule is CC[Si](CC)(CC)O[C@H]1CCSC[C@H]1C[C@@H]1CSCCC12OCCO2. The van der Waals surface area contributed by atoms with E-state index in [1.165, 1.54) is 54.0 Å². The van der Waals surface area contributed by atoms with E-state index in [1.54, 1.807) is 0 Å². The van der Waals surface area contributed by atoms with Gasteiger partial charge in [-0.3, -0.25) is 0 Å². The zero-order chi connectivity index (χ0) is 17.8. The average Bonchev–Trinajstić information content (AvgIpc) is 3.12. The zero-order valence-corrected chi connectivity index (χ0v) is 18.9. The van der Waals surface area contributed by atoms with Crippen molar-refractivity contribution >= 4 is 31.8 Å². The smallest absolute Gasteiger partial charge is 0.192 e. The van der Waals surface area contributed by atoms with Gasteiger partial charge in [0, 0.05) is 24.2 Å². The highest BCUT2D eigenvalue weighted by atomic mass is 32.2. The molecular weight excluding hydrogens is 368 g/mol. The van der Waals surface area contributed by atoms with Gasteiger partial charge in [0.25, 0.3) is 0 Å². The number of ether oxygens (including phenoxy) is 2. The predicted molar refractivity (Wildman–Crippen MR) is 112 cm³/mol. The third-order valence-corrected chi connectivity index (χ3v) is 13.6. The Kier molecular flexibility index (Phi) is 7.66. The minimum atomic E-state index is -1.53. The lowest BCUT2D eigenvalue weighted by Crippen LogP contribution is -2.48. The van der Waals surface area contributed by atoms with Gasteiger partial charge in [-0.2, -0.15) is 23.5 Å². The number of hydrogen-bond acceptors (Lipinski definition) is 5. The first-order valence-corrected chi connectivity index (χ1v) is 15.1. The Hall–Kier alpha value is 0.797. The lowest BCUT2D eigenvalue weighted by atomic mass is 9.85. The summed E-state index contributed by atoms with van der Waals surface area (Å²) in [5.74, 6) is 5.81. The summed E-state index contributed by atoms with van der Waals surface area (Å²) < 4.78 is 19.3. The second-order valence-corrected chi connectivity index (χ2v) is 14.8. The van der Waals surface area contributed by atoms with Crippen molar-refractivity contribution in [2.24, 2.45) is 11.8 Å². The maximum Gasteiger partial charge on any atom is 0.192 e. The molecule has 3 nitrogen and oxygen atoms in total. The van der Waals surface area contributed by atoms with Crippen molar-refractivity contribution in [2.45, 2.75) is 70.1 Å². The van der Waals surface area contributed by atoms with E-state index in [1.807, 2.05) is 0 Å². The molecule has 3 rings (SSSR count). The molecule has 146 valence electrons. The minimum absolute atomic E-state index is 0.271.